The first-order valence-electron chi connectivity index (χ1n) is 6.66. The molecule has 0 aliphatic heterocycles. The summed E-state index contributed by atoms with van der Waals surface area (Å²) in [5, 5.41) is 14.1. The van der Waals surface area contributed by atoms with Gasteiger partial charge in [0.1, 0.15) is 11.9 Å². The van der Waals surface area contributed by atoms with Gasteiger partial charge in [0.2, 0.25) is 0 Å². The van der Waals surface area contributed by atoms with Gasteiger partial charge in [-0.15, -0.1) is 5.10 Å². The third kappa shape index (κ3) is 4.18. The molecule has 7 heteroatoms. The SMILES string of the molecule is CC(C)(C)OC(=O)NC1CCC(n2cnnn2)CC1. The third-order valence-corrected chi connectivity index (χ3v) is 3.16. The van der Waals surface area contributed by atoms with Crippen molar-refractivity contribution in [2.45, 2.75) is 64.1 Å². The van der Waals surface area contributed by atoms with Gasteiger partial charge in [-0.2, -0.15) is 0 Å². The lowest BCUT2D eigenvalue weighted by Crippen LogP contribution is -2.41. The molecule has 0 spiro atoms. The summed E-state index contributed by atoms with van der Waals surface area (Å²) in [5.74, 6) is 0. The average molecular weight is 267 g/mol. The summed E-state index contributed by atoms with van der Waals surface area (Å²) in [6.45, 7) is 5.59. The Morgan fingerprint density at radius 1 is 1.32 bits per heavy atom. The fraction of sp³-hybridized carbons (Fsp3) is 0.833. The first kappa shape index (κ1) is 13.8. The summed E-state index contributed by atoms with van der Waals surface area (Å²) in [5.41, 5.74) is -0.451. The highest BCUT2D eigenvalue weighted by Crippen LogP contribution is 2.27. The molecule has 0 atom stereocenters. The Hall–Kier alpha value is -1.66. The van der Waals surface area contributed by atoms with Gasteiger partial charge in [0.05, 0.1) is 6.04 Å². The summed E-state index contributed by atoms with van der Waals surface area (Å²) < 4.78 is 7.05. The molecular weight excluding hydrogens is 246 g/mol. The summed E-state index contributed by atoms with van der Waals surface area (Å²) >= 11 is 0. The van der Waals surface area contributed by atoms with E-state index < -0.39 is 5.60 Å². The van der Waals surface area contributed by atoms with Crippen molar-refractivity contribution in [3.05, 3.63) is 6.33 Å². The van der Waals surface area contributed by atoms with Gasteiger partial charge >= 0.3 is 6.09 Å². The molecule has 1 aliphatic rings. The van der Waals surface area contributed by atoms with E-state index in [-0.39, 0.29) is 12.1 Å². The van der Waals surface area contributed by atoms with Crippen LogP contribution in [0.1, 0.15) is 52.5 Å². The van der Waals surface area contributed by atoms with E-state index in [9.17, 15) is 4.79 Å². The van der Waals surface area contributed by atoms with E-state index >= 15 is 0 Å². The second-order valence-corrected chi connectivity index (χ2v) is 5.94. The van der Waals surface area contributed by atoms with Crippen molar-refractivity contribution in [1.29, 1.82) is 0 Å². The number of nitrogens with zero attached hydrogens (tertiary/aromatic N) is 4. The highest BCUT2D eigenvalue weighted by molar-refractivity contribution is 5.68. The van der Waals surface area contributed by atoms with Crippen LogP contribution >= 0.6 is 0 Å². The topological polar surface area (TPSA) is 81.9 Å². The summed E-state index contributed by atoms with van der Waals surface area (Å²) in [7, 11) is 0. The number of alkyl carbamates (subject to hydrolysis) is 1. The van der Waals surface area contributed by atoms with Crippen LogP contribution in [0.4, 0.5) is 4.79 Å². The van der Waals surface area contributed by atoms with Gasteiger partial charge in [-0.05, 0) is 56.9 Å². The van der Waals surface area contributed by atoms with Gasteiger partial charge in [0, 0.05) is 6.04 Å². The minimum absolute atomic E-state index is 0.183. The molecular formula is C12H21N5O2. The van der Waals surface area contributed by atoms with E-state index in [1.165, 1.54) is 0 Å². The largest absolute Gasteiger partial charge is 0.444 e. The zero-order valence-electron chi connectivity index (χ0n) is 11.7. The fourth-order valence-corrected chi connectivity index (χ4v) is 2.29. The molecule has 19 heavy (non-hydrogen) atoms. The molecule has 1 aliphatic carbocycles. The van der Waals surface area contributed by atoms with Crippen molar-refractivity contribution >= 4 is 6.09 Å². The minimum atomic E-state index is -0.451. The lowest BCUT2D eigenvalue weighted by atomic mass is 9.91. The molecule has 1 aromatic heterocycles. The van der Waals surface area contributed by atoms with Crippen molar-refractivity contribution < 1.29 is 9.53 Å². The zero-order chi connectivity index (χ0) is 13.9. The molecule has 0 aromatic carbocycles. The maximum absolute atomic E-state index is 11.7. The molecule has 0 unspecified atom stereocenters. The van der Waals surface area contributed by atoms with Crippen LogP contribution in [-0.4, -0.2) is 37.9 Å². The summed E-state index contributed by atoms with van der Waals surface area (Å²) in [6, 6.07) is 0.522. The zero-order valence-corrected chi connectivity index (χ0v) is 11.7. The predicted molar refractivity (Wildman–Crippen MR) is 68.5 cm³/mol. The summed E-state index contributed by atoms with van der Waals surface area (Å²) in [4.78, 5) is 11.7. The van der Waals surface area contributed by atoms with Crippen LogP contribution in [0.3, 0.4) is 0 Å². The molecule has 1 fully saturated rings. The number of hydrogen-bond donors (Lipinski definition) is 1. The third-order valence-electron chi connectivity index (χ3n) is 3.16. The van der Waals surface area contributed by atoms with Gasteiger partial charge in [-0.3, -0.25) is 0 Å². The van der Waals surface area contributed by atoms with Gasteiger partial charge in [-0.25, -0.2) is 9.48 Å². The highest BCUT2D eigenvalue weighted by atomic mass is 16.6. The number of rotatable bonds is 2. The van der Waals surface area contributed by atoms with Crippen LogP contribution in [0, 0.1) is 0 Å². The molecule has 7 nitrogen and oxygen atoms in total. The van der Waals surface area contributed by atoms with E-state index in [1.54, 1.807) is 11.0 Å². The van der Waals surface area contributed by atoms with Crippen molar-refractivity contribution in [2.24, 2.45) is 0 Å². The fourth-order valence-electron chi connectivity index (χ4n) is 2.29. The number of amides is 1. The Morgan fingerprint density at radius 2 is 2.00 bits per heavy atom. The Kier molecular flexibility index (Phi) is 4.01. The number of carbonyl (C=O) groups excluding carboxylic acids is 1. The number of aromatic nitrogens is 4. The van der Waals surface area contributed by atoms with Crippen LogP contribution in [0.15, 0.2) is 6.33 Å². The van der Waals surface area contributed by atoms with Crippen molar-refractivity contribution in [3.63, 3.8) is 0 Å². The molecule has 0 saturated heterocycles. The van der Waals surface area contributed by atoms with Gasteiger partial charge in [0.15, 0.2) is 0 Å². The highest BCUT2D eigenvalue weighted by Gasteiger charge is 2.25. The van der Waals surface area contributed by atoms with E-state index in [0.29, 0.717) is 6.04 Å². The number of ether oxygens (including phenoxy) is 1. The molecule has 1 N–H and O–H groups in total. The lowest BCUT2D eigenvalue weighted by molar-refractivity contribution is 0.0487. The molecule has 0 radical (unpaired) electrons. The number of carbonyl (C=O) groups is 1. The smallest absolute Gasteiger partial charge is 0.407 e. The maximum atomic E-state index is 11.7. The van der Waals surface area contributed by atoms with Gasteiger partial charge < -0.3 is 10.1 Å². The molecule has 0 bridgehead atoms. The van der Waals surface area contributed by atoms with E-state index in [4.69, 9.17) is 4.74 Å². The number of tetrazole rings is 1. The van der Waals surface area contributed by atoms with Crippen LogP contribution in [-0.2, 0) is 4.74 Å². The predicted octanol–water partition coefficient (Wildman–Crippen LogP) is 1.68. The first-order chi connectivity index (χ1) is 8.94. The maximum Gasteiger partial charge on any atom is 0.407 e. The number of nitrogens with one attached hydrogen (secondary N) is 1. The van der Waals surface area contributed by atoms with Crippen LogP contribution in [0.25, 0.3) is 0 Å². The molecule has 2 rings (SSSR count). The van der Waals surface area contributed by atoms with Gasteiger partial charge in [-0.1, -0.05) is 0 Å². The quantitative estimate of drug-likeness (QED) is 0.881. The number of hydrogen-bond acceptors (Lipinski definition) is 5. The normalized spacial score (nSPS) is 23.9. The Labute approximate surface area is 112 Å². The van der Waals surface area contributed by atoms with Crippen LogP contribution in [0.2, 0.25) is 0 Å². The van der Waals surface area contributed by atoms with Crippen molar-refractivity contribution in [3.8, 4) is 0 Å². The van der Waals surface area contributed by atoms with Crippen molar-refractivity contribution in [2.75, 3.05) is 0 Å². The average Bonchev–Trinajstić information content (AvgIpc) is 2.80. The van der Waals surface area contributed by atoms with E-state index in [0.717, 1.165) is 25.7 Å². The van der Waals surface area contributed by atoms with E-state index in [2.05, 4.69) is 20.8 Å². The Morgan fingerprint density at radius 3 is 2.53 bits per heavy atom. The molecule has 1 amide bonds. The molecule has 106 valence electrons. The lowest BCUT2D eigenvalue weighted by Gasteiger charge is -2.29. The Balaban J connectivity index is 1.76. The second kappa shape index (κ2) is 5.54. The van der Waals surface area contributed by atoms with E-state index in [1.807, 2.05) is 20.8 Å². The van der Waals surface area contributed by atoms with Gasteiger partial charge in [0.25, 0.3) is 0 Å². The first-order valence-corrected chi connectivity index (χ1v) is 6.66. The molecule has 1 heterocycles. The van der Waals surface area contributed by atoms with Crippen molar-refractivity contribution in [1.82, 2.24) is 25.5 Å². The molecule has 1 aromatic rings. The second-order valence-electron chi connectivity index (χ2n) is 5.94. The van der Waals surface area contributed by atoms with Crippen LogP contribution in [0.5, 0.6) is 0 Å². The van der Waals surface area contributed by atoms with Crippen LogP contribution < -0.4 is 5.32 Å². The summed E-state index contributed by atoms with van der Waals surface area (Å²) in [6.07, 6.45) is 5.08. The monoisotopic (exact) mass is 267 g/mol. The molecule has 1 saturated carbocycles. The standard InChI is InChI=1S/C12H21N5O2/c1-12(2,3)19-11(18)14-9-4-6-10(7-5-9)17-8-13-15-16-17/h8-10H,4-7H2,1-3H3,(H,14,18). The Bertz CT molecular complexity index is 404. The minimum Gasteiger partial charge on any atom is -0.444 e.